The summed E-state index contributed by atoms with van der Waals surface area (Å²) in [5, 5.41) is 16.9. The van der Waals surface area contributed by atoms with E-state index in [1.165, 1.54) is 5.56 Å². The van der Waals surface area contributed by atoms with E-state index in [1.54, 1.807) is 19.2 Å². The fraction of sp³-hybridized carbons (Fsp3) is 0.167. The Morgan fingerprint density at radius 2 is 1.76 bits per heavy atom. The second kappa shape index (κ2) is 8.19. The first-order valence-electron chi connectivity index (χ1n) is 9.57. The van der Waals surface area contributed by atoms with Crippen LogP contribution in [0.1, 0.15) is 34.5 Å². The molecule has 0 saturated heterocycles. The molecule has 0 radical (unpaired) electrons. The van der Waals surface area contributed by atoms with Gasteiger partial charge in [-0.05, 0) is 42.8 Å². The van der Waals surface area contributed by atoms with Gasteiger partial charge in [-0.1, -0.05) is 53.6 Å². The van der Waals surface area contributed by atoms with Crippen molar-refractivity contribution in [3.05, 3.63) is 100 Å². The number of nitrogens with one attached hydrogen (secondary N) is 1. The first kappa shape index (κ1) is 19.4. The molecule has 0 spiro atoms. The smallest absolute Gasteiger partial charge is 0.190 e. The predicted octanol–water partition coefficient (Wildman–Crippen LogP) is 4.31. The molecule has 3 aromatic carbocycles. The number of rotatable bonds is 4. The molecule has 29 heavy (non-hydrogen) atoms. The van der Waals surface area contributed by atoms with Crippen LogP contribution in [0.2, 0.25) is 5.02 Å². The molecule has 4 nitrogen and oxygen atoms in total. The molecule has 2 atom stereocenters. The number of quaternary nitrogens is 1. The second-order valence-electron chi connectivity index (χ2n) is 7.23. The predicted molar refractivity (Wildman–Crippen MR) is 116 cm³/mol. The number of ether oxygens (including phenoxy) is 1. The number of methoxy groups -OCH3 is 1. The Bertz CT molecular complexity index is 1050. The number of hydrogen-bond donors (Lipinski definition) is 3. The Hall–Kier alpha value is -2.95. The van der Waals surface area contributed by atoms with Crippen molar-refractivity contribution in [2.24, 2.45) is 0 Å². The van der Waals surface area contributed by atoms with Crippen LogP contribution in [0.4, 0.5) is 0 Å². The van der Waals surface area contributed by atoms with Crippen LogP contribution in [-0.4, -0.2) is 12.2 Å². The van der Waals surface area contributed by atoms with E-state index in [9.17, 15) is 5.11 Å². The first-order valence-corrected chi connectivity index (χ1v) is 9.94. The lowest BCUT2D eigenvalue weighted by molar-refractivity contribution is -0.731. The first-order chi connectivity index (χ1) is 14.0. The number of aryl methyl sites for hydroxylation is 1. The monoisotopic (exact) mass is 407 g/mol. The maximum atomic E-state index is 10.5. The summed E-state index contributed by atoms with van der Waals surface area (Å²) >= 11 is 6.23. The van der Waals surface area contributed by atoms with Crippen LogP contribution in [0.15, 0.2) is 72.8 Å². The summed E-state index contributed by atoms with van der Waals surface area (Å²) in [4.78, 5) is 0. The largest absolute Gasteiger partial charge is 0.507 e. The average Bonchev–Trinajstić information content (AvgIpc) is 2.75. The van der Waals surface area contributed by atoms with Gasteiger partial charge in [0.25, 0.3) is 0 Å². The number of aromatic hydroxyl groups is 1. The third-order valence-corrected chi connectivity index (χ3v) is 5.48. The van der Waals surface area contributed by atoms with Crippen molar-refractivity contribution in [2.45, 2.75) is 19.1 Å². The summed E-state index contributed by atoms with van der Waals surface area (Å²) < 4.78 is 5.59. The van der Waals surface area contributed by atoms with E-state index in [4.69, 9.17) is 16.3 Å². The summed E-state index contributed by atoms with van der Waals surface area (Å²) in [5.74, 6) is 1.05. The highest BCUT2D eigenvalue weighted by atomic mass is 35.5. The number of hydrogen-bond acceptors (Lipinski definition) is 3. The Kier molecular flexibility index (Phi) is 5.47. The molecule has 0 amide bonds. The third-order valence-electron chi connectivity index (χ3n) is 5.24. The maximum absolute atomic E-state index is 10.5. The van der Waals surface area contributed by atoms with Crippen molar-refractivity contribution in [3.63, 3.8) is 0 Å². The van der Waals surface area contributed by atoms with Crippen molar-refractivity contribution in [1.29, 1.82) is 0 Å². The minimum atomic E-state index is -0.110. The van der Waals surface area contributed by atoms with Gasteiger partial charge in [0.05, 0.1) is 18.2 Å². The fourth-order valence-corrected chi connectivity index (χ4v) is 3.89. The Morgan fingerprint density at radius 1 is 1.00 bits per heavy atom. The minimum Gasteiger partial charge on any atom is -0.507 e. The van der Waals surface area contributed by atoms with Gasteiger partial charge in [0.15, 0.2) is 6.17 Å². The lowest BCUT2D eigenvalue weighted by atomic mass is 9.97. The van der Waals surface area contributed by atoms with Gasteiger partial charge in [0, 0.05) is 16.8 Å². The van der Waals surface area contributed by atoms with Crippen LogP contribution in [0, 0.1) is 6.92 Å². The Labute approximate surface area is 175 Å². The molecule has 1 aliphatic rings. The summed E-state index contributed by atoms with van der Waals surface area (Å²) in [5.41, 5.74) is 5.13. The molecule has 1 heterocycles. The van der Waals surface area contributed by atoms with Crippen molar-refractivity contribution >= 4 is 17.3 Å². The topological polar surface area (TPSA) is 58.1 Å². The minimum absolute atomic E-state index is 0.0872. The van der Waals surface area contributed by atoms with Gasteiger partial charge in [-0.2, -0.15) is 0 Å². The van der Waals surface area contributed by atoms with E-state index in [0.29, 0.717) is 5.02 Å². The molecule has 0 aromatic heterocycles. The quantitative estimate of drug-likeness (QED) is 0.604. The van der Waals surface area contributed by atoms with E-state index in [2.05, 4.69) is 54.0 Å². The van der Waals surface area contributed by atoms with E-state index in [0.717, 1.165) is 28.1 Å². The third kappa shape index (κ3) is 4.09. The van der Waals surface area contributed by atoms with E-state index in [-0.39, 0.29) is 18.0 Å². The number of phenolic OH excluding ortho intramolecular Hbond substituents is 1. The van der Waals surface area contributed by atoms with Gasteiger partial charge < -0.3 is 20.5 Å². The number of benzene rings is 3. The Morgan fingerprint density at radius 3 is 2.52 bits per heavy atom. The molecule has 3 aromatic rings. The molecule has 4 rings (SSSR count). The molecule has 5 heteroatoms. The molecule has 2 unspecified atom stereocenters. The van der Waals surface area contributed by atoms with Crippen molar-refractivity contribution in [1.82, 2.24) is 5.32 Å². The van der Waals surface area contributed by atoms with Crippen molar-refractivity contribution in [3.8, 4) is 11.5 Å². The van der Waals surface area contributed by atoms with Gasteiger partial charge >= 0.3 is 0 Å². The highest BCUT2D eigenvalue weighted by Gasteiger charge is 2.31. The van der Waals surface area contributed by atoms with Crippen LogP contribution in [0.3, 0.4) is 0 Å². The lowest BCUT2D eigenvalue weighted by Crippen LogP contribution is -2.89. The molecular formula is C24H24ClN2O2+. The number of para-hydroxylation sites is 1. The van der Waals surface area contributed by atoms with Crippen LogP contribution in [-0.2, 0) is 0 Å². The summed E-state index contributed by atoms with van der Waals surface area (Å²) in [6, 6.07) is 21.4. The molecular weight excluding hydrogens is 384 g/mol. The number of halogens is 1. The molecule has 0 fully saturated rings. The normalized spacial score (nSPS) is 18.7. The molecule has 0 aliphatic carbocycles. The van der Waals surface area contributed by atoms with Crippen LogP contribution < -0.4 is 15.4 Å². The zero-order chi connectivity index (χ0) is 20.4. The van der Waals surface area contributed by atoms with Gasteiger partial charge in [-0.25, -0.2) is 0 Å². The van der Waals surface area contributed by atoms with Gasteiger partial charge in [0.2, 0.25) is 0 Å². The lowest BCUT2D eigenvalue weighted by Gasteiger charge is -2.30. The Balaban J connectivity index is 1.80. The fourth-order valence-electron chi connectivity index (χ4n) is 3.71. The molecule has 148 valence electrons. The standard InChI is InChI=1S/C24H23ClN2O2/c1-15-7-9-16(10-8-15)20-14-21(19-13-17(25)11-12-22(19)28)27-24(26-20)18-5-3-4-6-23(18)29-2/h3-14,21,24,26-28H,1-2H3/p+1. The number of phenols is 1. The van der Waals surface area contributed by atoms with E-state index < -0.39 is 0 Å². The van der Waals surface area contributed by atoms with Gasteiger partial charge in [-0.15, -0.1) is 0 Å². The van der Waals surface area contributed by atoms with Crippen LogP contribution >= 0.6 is 11.6 Å². The number of nitrogens with two attached hydrogens (primary N) is 1. The summed E-state index contributed by atoms with van der Waals surface area (Å²) in [6.07, 6.45) is 2.04. The second-order valence-corrected chi connectivity index (χ2v) is 7.67. The highest BCUT2D eigenvalue weighted by Crippen LogP contribution is 2.32. The van der Waals surface area contributed by atoms with Crippen LogP contribution in [0.5, 0.6) is 11.5 Å². The molecule has 0 bridgehead atoms. The van der Waals surface area contributed by atoms with E-state index >= 15 is 0 Å². The molecule has 0 saturated carbocycles. The van der Waals surface area contributed by atoms with E-state index in [1.807, 2.05) is 24.3 Å². The van der Waals surface area contributed by atoms with Gasteiger partial charge in [0.1, 0.15) is 17.5 Å². The highest BCUT2D eigenvalue weighted by molar-refractivity contribution is 6.30. The summed E-state index contributed by atoms with van der Waals surface area (Å²) in [7, 11) is 1.68. The average molecular weight is 408 g/mol. The molecule has 4 N–H and O–H groups in total. The summed E-state index contributed by atoms with van der Waals surface area (Å²) in [6.45, 7) is 2.07. The SMILES string of the molecule is COc1ccccc1C1NC(c2ccc(C)cc2)=CC(c2cc(Cl)ccc2O)[NH2+]1. The zero-order valence-electron chi connectivity index (χ0n) is 16.4. The zero-order valence-corrected chi connectivity index (χ0v) is 17.1. The van der Waals surface area contributed by atoms with Crippen LogP contribution in [0.25, 0.3) is 5.70 Å². The molecule has 1 aliphatic heterocycles. The van der Waals surface area contributed by atoms with Crippen molar-refractivity contribution in [2.75, 3.05) is 7.11 Å². The van der Waals surface area contributed by atoms with Crippen molar-refractivity contribution < 1.29 is 15.2 Å². The maximum Gasteiger partial charge on any atom is 0.190 e. The van der Waals surface area contributed by atoms with Gasteiger partial charge in [-0.3, -0.25) is 0 Å².